The summed E-state index contributed by atoms with van der Waals surface area (Å²) in [5.41, 5.74) is -1.73. The SMILES string of the molecule is N#Cc1[nH]c(C(F)F)cc(=O)c1Cl. The van der Waals surface area contributed by atoms with Gasteiger partial charge in [-0.15, -0.1) is 0 Å². The van der Waals surface area contributed by atoms with Crippen LogP contribution in [0.2, 0.25) is 5.02 Å². The van der Waals surface area contributed by atoms with Crippen LogP contribution in [0.1, 0.15) is 17.8 Å². The zero-order chi connectivity index (χ0) is 10.0. The molecular weight excluding hydrogens is 202 g/mol. The van der Waals surface area contributed by atoms with Gasteiger partial charge in [0.1, 0.15) is 16.8 Å². The second kappa shape index (κ2) is 3.54. The highest BCUT2D eigenvalue weighted by Crippen LogP contribution is 2.17. The Morgan fingerprint density at radius 3 is 2.69 bits per heavy atom. The van der Waals surface area contributed by atoms with E-state index in [-0.39, 0.29) is 10.7 Å². The summed E-state index contributed by atoms with van der Waals surface area (Å²) in [4.78, 5) is 12.9. The predicted molar refractivity (Wildman–Crippen MR) is 41.7 cm³/mol. The molecule has 0 saturated carbocycles. The first kappa shape index (κ1) is 9.68. The lowest BCUT2D eigenvalue weighted by molar-refractivity contribution is 0.146. The molecule has 1 aromatic rings. The number of aromatic nitrogens is 1. The molecule has 1 aromatic heterocycles. The summed E-state index contributed by atoms with van der Waals surface area (Å²) >= 11 is 5.36. The molecule has 0 atom stereocenters. The Morgan fingerprint density at radius 2 is 2.23 bits per heavy atom. The molecule has 13 heavy (non-hydrogen) atoms. The Morgan fingerprint density at radius 1 is 1.62 bits per heavy atom. The number of pyridine rings is 1. The van der Waals surface area contributed by atoms with E-state index in [9.17, 15) is 13.6 Å². The number of aromatic amines is 1. The quantitative estimate of drug-likeness (QED) is 0.759. The van der Waals surface area contributed by atoms with Gasteiger partial charge in [0.2, 0.25) is 5.43 Å². The molecule has 0 spiro atoms. The van der Waals surface area contributed by atoms with Crippen molar-refractivity contribution in [3.63, 3.8) is 0 Å². The van der Waals surface area contributed by atoms with E-state index >= 15 is 0 Å². The first-order valence-electron chi connectivity index (χ1n) is 3.17. The molecule has 0 unspecified atom stereocenters. The second-order valence-corrected chi connectivity index (χ2v) is 2.57. The summed E-state index contributed by atoms with van der Waals surface area (Å²) in [6.07, 6.45) is -2.82. The van der Waals surface area contributed by atoms with Gasteiger partial charge in [0, 0.05) is 6.07 Å². The van der Waals surface area contributed by atoms with Crippen molar-refractivity contribution >= 4 is 11.6 Å². The van der Waals surface area contributed by atoms with Crippen molar-refractivity contribution in [2.24, 2.45) is 0 Å². The Hall–Kier alpha value is -1.41. The molecular formula is C7H3ClF2N2O. The molecule has 0 aromatic carbocycles. The first-order valence-corrected chi connectivity index (χ1v) is 3.55. The summed E-state index contributed by atoms with van der Waals surface area (Å²) in [6.45, 7) is 0. The average molecular weight is 205 g/mol. The smallest absolute Gasteiger partial charge is 0.278 e. The minimum atomic E-state index is -2.82. The number of rotatable bonds is 1. The van der Waals surface area contributed by atoms with Crippen molar-refractivity contribution in [1.82, 2.24) is 4.98 Å². The van der Waals surface area contributed by atoms with Crippen molar-refractivity contribution in [1.29, 1.82) is 5.26 Å². The van der Waals surface area contributed by atoms with Crippen LogP contribution >= 0.6 is 11.6 Å². The lowest BCUT2D eigenvalue weighted by Crippen LogP contribution is -2.08. The van der Waals surface area contributed by atoms with Crippen molar-refractivity contribution in [2.45, 2.75) is 6.43 Å². The van der Waals surface area contributed by atoms with Crippen LogP contribution in [0.15, 0.2) is 10.9 Å². The summed E-state index contributed by atoms with van der Waals surface area (Å²) in [5, 5.41) is 8.03. The third-order valence-corrected chi connectivity index (χ3v) is 1.71. The molecule has 0 bridgehead atoms. The summed E-state index contributed by atoms with van der Waals surface area (Å²) in [7, 11) is 0. The largest absolute Gasteiger partial charge is 0.344 e. The topological polar surface area (TPSA) is 56.6 Å². The first-order chi connectivity index (χ1) is 6.06. The molecule has 3 nitrogen and oxygen atoms in total. The van der Waals surface area contributed by atoms with E-state index < -0.39 is 17.5 Å². The normalized spacial score (nSPS) is 10.1. The fourth-order valence-electron chi connectivity index (χ4n) is 0.758. The minimum Gasteiger partial charge on any atom is -0.344 e. The number of nitrogens with one attached hydrogen (secondary N) is 1. The van der Waals surface area contributed by atoms with Crippen LogP contribution < -0.4 is 5.43 Å². The predicted octanol–water partition coefficient (Wildman–Crippen LogP) is 1.84. The van der Waals surface area contributed by atoms with Gasteiger partial charge in [-0.25, -0.2) is 8.78 Å². The monoisotopic (exact) mass is 204 g/mol. The standard InChI is InChI=1S/C7H3ClF2N2O/c8-6-4(2-11)12-3(7(9)10)1-5(6)13/h1,7H,(H,12,13). The molecule has 0 fully saturated rings. The van der Waals surface area contributed by atoms with Gasteiger partial charge in [-0.3, -0.25) is 4.79 Å². The molecule has 0 aliphatic heterocycles. The fraction of sp³-hybridized carbons (Fsp3) is 0.143. The number of hydrogen-bond acceptors (Lipinski definition) is 2. The van der Waals surface area contributed by atoms with Crippen LogP contribution in [0.25, 0.3) is 0 Å². The molecule has 1 rings (SSSR count). The Labute approximate surface area is 76.6 Å². The van der Waals surface area contributed by atoms with E-state index in [2.05, 4.69) is 4.98 Å². The molecule has 0 aliphatic carbocycles. The van der Waals surface area contributed by atoms with Gasteiger partial charge < -0.3 is 4.98 Å². The Bertz CT molecular complexity index is 421. The maximum atomic E-state index is 12.1. The van der Waals surface area contributed by atoms with Gasteiger partial charge in [-0.1, -0.05) is 11.6 Å². The van der Waals surface area contributed by atoms with Crippen LogP contribution in [0.4, 0.5) is 8.78 Å². The third kappa shape index (κ3) is 1.84. The number of halogens is 3. The molecule has 0 aliphatic rings. The van der Waals surface area contributed by atoms with Gasteiger partial charge in [0.25, 0.3) is 6.43 Å². The fourth-order valence-corrected chi connectivity index (χ4v) is 0.902. The molecule has 1 N–H and O–H groups in total. The highest BCUT2D eigenvalue weighted by atomic mass is 35.5. The number of hydrogen-bond donors (Lipinski definition) is 1. The number of nitriles is 1. The third-order valence-electron chi connectivity index (χ3n) is 1.34. The van der Waals surface area contributed by atoms with Crippen molar-refractivity contribution in [3.05, 3.63) is 32.7 Å². The summed E-state index contributed by atoms with van der Waals surface area (Å²) in [6, 6.07) is 2.18. The zero-order valence-corrected chi connectivity index (χ0v) is 6.90. The second-order valence-electron chi connectivity index (χ2n) is 2.19. The number of alkyl halides is 2. The Balaban J connectivity index is 3.42. The maximum Gasteiger partial charge on any atom is 0.278 e. The van der Waals surface area contributed by atoms with Crippen LogP contribution in [0.5, 0.6) is 0 Å². The maximum absolute atomic E-state index is 12.1. The number of H-pyrrole nitrogens is 1. The minimum absolute atomic E-state index is 0.343. The zero-order valence-electron chi connectivity index (χ0n) is 6.14. The molecule has 0 saturated heterocycles. The summed E-state index contributed by atoms with van der Waals surface area (Å²) < 4.78 is 24.1. The molecule has 1 heterocycles. The highest BCUT2D eigenvalue weighted by molar-refractivity contribution is 6.31. The van der Waals surface area contributed by atoms with Gasteiger partial charge in [0.15, 0.2) is 0 Å². The van der Waals surface area contributed by atoms with Gasteiger partial charge in [-0.05, 0) is 0 Å². The summed E-state index contributed by atoms with van der Waals surface area (Å²) in [5.74, 6) is 0. The highest BCUT2D eigenvalue weighted by Gasteiger charge is 2.13. The van der Waals surface area contributed by atoms with Crippen molar-refractivity contribution in [2.75, 3.05) is 0 Å². The van der Waals surface area contributed by atoms with Crippen molar-refractivity contribution in [3.8, 4) is 6.07 Å². The lowest BCUT2D eigenvalue weighted by Gasteiger charge is -2.00. The van der Waals surface area contributed by atoms with Crippen molar-refractivity contribution < 1.29 is 8.78 Å². The van der Waals surface area contributed by atoms with E-state index in [1.165, 1.54) is 6.07 Å². The van der Waals surface area contributed by atoms with E-state index in [1.54, 1.807) is 0 Å². The van der Waals surface area contributed by atoms with Crippen LogP contribution in [-0.2, 0) is 0 Å². The van der Waals surface area contributed by atoms with Crippen LogP contribution in [-0.4, -0.2) is 4.98 Å². The molecule has 0 amide bonds. The van der Waals surface area contributed by atoms with Crippen LogP contribution in [0.3, 0.4) is 0 Å². The molecule has 0 radical (unpaired) electrons. The van der Waals surface area contributed by atoms with E-state index in [0.29, 0.717) is 6.07 Å². The number of nitrogens with zero attached hydrogens (tertiary/aromatic N) is 1. The molecule has 68 valence electrons. The van der Waals surface area contributed by atoms with Gasteiger partial charge >= 0.3 is 0 Å². The van der Waals surface area contributed by atoms with Crippen LogP contribution in [0, 0.1) is 11.3 Å². The van der Waals surface area contributed by atoms with E-state index in [1.807, 2.05) is 0 Å². The lowest BCUT2D eigenvalue weighted by atomic mass is 10.3. The van der Waals surface area contributed by atoms with Gasteiger partial charge in [0.05, 0.1) is 5.69 Å². The average Bonchev–Trinajstić information content (AvgIpc) is 2.09. The van der Waals surface area contributed by atoms with E-state index in [4.69, 9.17) is 16.9 Å². The Kier molecular flexibility index (Phi) is 2.63. The van der Waals surface area contributed by atoms with E-state index in [0.717, 1.165) is 0 Å². The van der Waals surface area contributed by atoms with Gasteiger partial charge in [-0.2, -0.15) is 5.26 Å². The molecule has 6 heteroatoms.